The van der Waals surface area contributed by atoms with E-state index in [4.69, 9.17) is 20.9 Å². The van der Waals surface area contributed by atoms with E-state index in [1.807, 2.05) is 0 Å². The van der Waals surface area contributed by atoms with Crippen molar-refractivity contribution in [2.75, 3.05) is 26.2 Å². The first kappa shape index (κ1) is 24.6. The smallest absolute Gasteiger partial charge is 0.404 e. The van der Waals surface area contributed by atoms with Crippen LogP contribution < -0.4 is 32.7 Å². The van der Waals surface area contributed by atoms with Gasteiger partial charge in [0.2, 0.25) is 5.91 Å². The largest absolute Gasteiger partial charge is 0.441 e. The summed E-state index contributed by atoms with van der Waals surface area (Å²) in [6, 6.07) is -2.61. The second kappa shape index (κ2) is 10.7. The average Bonchev–Trinajstić information content (AvgIpc) is 3.21. The number of carbonyl (C=O) groups excluding carboxylic acids is 3. The molecule has 16 heteroatoms. The zero-order valence-electron chi connectivity index (χ0n) is 17.5. The van der Waals surface area contributed by atoms with Crippen LogP contribution in [0.15, 0.2) is 9.98 Å². The van der Waals surface area contributed by atoms with Crippen LogP contribution in [-0.2, 0) is 19.1 Å². The maximum absolute atomic E-state index is 12.1. The van der Waals surface area contributed by atoms with Gasteiger partial charge < -0.3 is 57.5 Å². The third kappa shape index (κ3) is 5.66. The minimum atomic E-state index is -1.47. The molecule has 184 valence electrons. The number of fused-ring (bicyclic) bond motifs is 1. The molecule has 16 nitrogen and oxygen atoms in total. The molecule has 11 N–H and O–H groups in total. The highest BCUT2D eigenvalue weighted by Crippen LogP contribution is 2.23. The van der Waals surface area contributed by atoms with Crippen LogP contribution >= 0.6 is 0 Å². The molecule has 33 heavy (non-hydrogen) atoms. The molecule has 3 unspecified atom stereocenters. The molecule has 3 aliphatic rings. The lowest BCUT2D eigenvalue weighted by Gasteiger charge is -2.44. The maximum atomic E-state index is 12.1. The van der Waals surface area contributed by atoms with Crippen molar-refractivity contribution in [1.82, 2.24) is 21.3 Å². The summed E-state index contributed by atoms with van der Waals surface area (Å²) in [6.45, 7) is -1.02. The van der Waals surface area contributed by atoms with E-state index in [0.717, 1.165) is 6.34 Å². The average molecular weight is 472 g/mol. The van der Waals surface area contributed by atoms with Crippen LogP contribution in [0.4, 0.5) is 4.79 Å². The van der Waals surface area contributed by atoms with Gasteiger partial charge in [0.25, 0.3) is 0 Å². The molecule has 2 fully saturated rings. The molecular formula is C17H28N8O8. The Morgan fingerprint density at radius 3 is 2.79 bits per heavy atom. The van der Waals surface area contributed by atoms with E-state index in [1.54, 1.807) is 0 Å². The number of Topliss-reactive ketones (excluding diaryl/α,β-unsaturated/α-hetero) is 1. The maximum Gasteiger partial charge on any atom is 0.404 e. The molecule has 3 aliphatic heterocycles. The summed E-state index contributed by atoms with van der Waals surface area (Å²) >= 11 is 0. The number of rotatable bonds is 8. The topological polar surface area (TPSA) is 255 Å². The van der Waals surface area contributed by atoms with Crippen molar-refractivity contribution in [3.63, 3.8) is 0 Å². The third-order valence-corrected chi connectivity index (χ3v) is 5.42. The van der Waals surface area contributed by atoms with Crippen LogP contribution in [-0.4, -0.2) is 120 Å². The number of carbonyl (C=O) groups is 3. The standard InChI is InChI=1S/C17H28N8O8/c18-5-20-1-6(27)2-21-11-12(29)13(33-16(19)31)8(4-26)32-15(11)25-17-23-9-7(28)3-22-14(30)10(9)24-17/h5,7-13,15,21,26,28-29H,1-4H2,(H2,18,20)(H2,19,31)(H,22,30)(H2,23,24,25)/t7?,8-,9?,10?,11-,12+,13+,15-/m1/s1. The van der Waals surface area contributed by atoms with Gasteiger partial charge in [-0.15, -0.1) is 0 Å². The van der Waals surface area contributed by atoms with Crippen molar-refractivity contribution < 1.29 is 39.2 Å². The Hall–Kier alpha value is -3.05. The Balaban J connectivity index is 1.77. The van der Waals surface area contributed by atoms with Gasteiger partial charge in [0.05, 0.1) is 37.7 Å². The van der Waals surface area contributed by atoms with Gasteiger partial charge >= 0.3 is 6.09 Å². The van der Waals surface area contributed by atoms with Gasteiger partial charge in [0.15, 0.2) is 23.9 Å². The molecule has 3 heterocycles. The van der Waals surface area contributed by atoms with Crippen molar-refractivity contribution in [1.29, 1.82) is 0 Å². The number of nitrogens with two attached hydrogens (primary N) is 2. The number of primary amides is 1. The number of piperidine rings is 1. The number of amides is 2. The molecule has 0 aromatic carbocycles. The Morgan fingerprint density at radius 2 is 2.15 bits per heavy atom. The molecule has 0 aromatic rings. The fourth-order valence-corrected chi connectivity index (χ4v) is 3.85. The van der Waals surface area contributed by atoms with Gasteiger partial charge in [0, 0.05) is 6.54 Å². The van der Waals surface area contributed by atoms with Crippen molar-refractivity contribution in [3.8, 4) is 0 Å². The van der Waals surface area contributed by atoms with Gasteiger partial charge in [-0.25, -0.2) is 9.79 Å². The molecule has 3 rings (SSSR count). The summed E-state index contributed by atoms with van der Waals surface area (Å²) in [5.74, 6) is -0.639. The van der Waals surface area contributed by atoms with Crippen LogP contribution in [0.5, 0.6) is 0 Å². The summed E-state index contributed by atoms with van der Waals surface area (Å²) in [4.78, 5) is 43.2. The lowest BCUT2D eigenvalue weighted by atomic mass is 9.95. The molecule has 2 saturated heterocycles. The normalized spacial score (nSPS) is 35.8. The van der Waals surface area contributed by atoms with Crippen molar-refractivity contribution in [2.45, 2.75) is 48.8 Å². The summed E-state index contributed by atoms with van der Waals surface area (Å²) < 4.78 is 10.7. The molecule has 0 spiro atoms. The van der Waals surface area contributed by atoms with Gasteiger partial charge in [-0.3, -0.25) is 14.6 Å². The Kier molecular flexibility index (Phi) is 7.98. The predicted molar refractivity (Wildman–Crippen MR) is 111 cm³/mol. The number of β-amino-alcohol motifs (C(OH)–C–C–N with tert-alkyl or cyclic N) is 1. The number of nitrogens with one attached hydrogen (secondary N) is 4. The molecule has 0 saturated carbocycles. The van der Waals surface area contributed by atoms with Gasteiger partial charge in [-0.1, -0.05) is 0 Å². The molecule has 0 radical (unpaired) electrons. The van der Waals surface area contributed by atoms with E-state index in [9.17, 15) is 29.7 Å². The van der Waals surface area contributed by atoms with Crippen LogP contribution in [0, 0.1) is 0 Å². The van der Waals surface area contributed by atoms with E-state index in [2.05, 4.69) is 31.3 Å². The number of aliphatic hydroxyl groups is 3. The summed E-state index contributed by atoms with van der Waals surface area (Å²) in [5.41, 5.74) is 10.2. The molecule has 8 atom stereocenters. The number of ether oxygens (including phenoxy) is 2. The van der Waals surface area contributed by atoms with Crippen molar-refractivity contribution >= 4 is 30.1 Å². The van der Waals surface area contributed by atoms with E-state index in [0.29, 0.717) is 0 Å². The number of hydrogen-bond acceptors (Lipinski definition) is 13. The highest BCUT2D eigenvalue weighted by atomic mass is 16.6. The van der Waals surface area contributed by atoms with Crippen LogP contribution in [0.25, 0.3) is 0 Å². The highest BCUT2D eigenvalue weighted by Gasteiger charge is 2.49. The van der Waals surface area contributed by atoms with E-state index in [-0.39, 0.29) is 37.3 Å². The van der Waals surface area contributed by atoms with Gasteiger partial charge in [-0.05, 0) is 0 Å². The number of aliphatic hydroxyl groups excluding tert-OH is 3. The van der Waals surface area contributed by atoms with E-state index >= 15 is 0 Å². The van der Waals surface area contributed by atoms with Gasteiger partial charge in [0.1, 0.15) is 25.0 Å². The predicted octanol–water partition coefficient (Wildman–Crippen LogP) is -6.18. The zero-order chi connectivity index (χ0) is 24.1. The molecular weight excluding hydrogens is 444 g/mol. The second-order valence-corrected chi connectivity index (χ2v) is 7.65. The minimum absolute atomic E-state index is 0.0603. The summed E-state index contributed by atoms with van der Waals surface area (Å²) in [6.07, 6.45) is -6.18. The summed E-state index contributed by atoms with van der Waals surface area (Å²) in [7, 11) is 0. The Labute approximate surface area is 187 Å². The zero-order valence-corrected chi connectivity index (χ0v) is 17.5. The second-order valence-electron chi connectivity index (χ2n) is 7.65. The van der Waals surface area contributed by atoms with Crippen LogP contribution in [0.1, 0.15) is 0 Å². The molecule has 0 bridgehead atoms. The van der Waals surface area contributed by atoms with Gasteiger partial charge in [-0.2, -0.15) is 0 Å². The van der Waals surface area contributed by atoms with Crippen LogP contribution in [0.3, 0.4) is 0 Å². The quantitative estimate of drug-likeness (QED) is 0.118. The number of aliphatic imine (C=N–C) groups is 2. The lowest BCUT2D eigenvalue weighted by Crippen LogP contribution is -2.69. The number of ketones is 1. The molecule has 0 aliphatic carbocycles. The monoisotopic (exact) mass is 472 g/mol. The van der Waals surface area contributed by atoms with E-state index < -0.39 is 61.5 Å². The number of nitrogens with zero attached hydrogens (tertiary/aromatic N) is 2. The first-order chi connectivity index (χ1) is 15.7. The van der Waals surface area contributed by atoms with Crippen LogP contribution in [0.2, 0.25) is 0 Å². The molecule has 0 aromatic heterocycles. The SMILES string of the molecule is NC=NCC(=O)CN[C@@H]1[C@H](O)[C@@H](OC(N)=O)[C@@H](CO)O[C@H]1NC1=NC2C(=O)NCC(O)C2N1. The molecule has 2 amide bonds. The first-order valence-electron chi connectivity index (χ1n) is 10.2. The fraction of sp³-hybridized carbons (Fsp3) is 0.706. The van der Waals surface area contributed by atoms with Crippen molar-refractivity contribution in [2.24, 2.45) is 21.5 Å². The lowest BCUT2D eigenvalue weighted by molar-refractivity contribution is -0.197. The third-order valence-electron chi connectivity index (χ3n) is 5.42. The number of guanidine groups is 1. The summed E-state index contributed by atoms with van der Waals surface area (Å²) in [5, 5.41) is 41.7. The van der Waals surface area contributed by atoms with Crippen molar-refractivity contribution in [3.05, 3.63) is 0 Å². The minimum Gasteiger partial charge on any atom is -0.441 e. The highest BCUT2D eigenvalue weighted by molar-refractivity contribution is 5.92. The Morgan fingerprint density at radius 1 is 1.39 bits per heavy atom. The van der Waals surface area contributed by atoms with E-state index in [1.165, 1.54) is 0 Å². The first-order valence-corrected chi connectivity index (χ1v) is 10.2. The fourth-order valence-electron chi connectivity index (χ4n) is 3.85. The Bertz CT molecular complexity index is 810. The number of hydrogen-bond donors (Lipinski definition) is 9.